The molecule has 0 spiro atoms. The second kappa shape index (κ2) is 51.9. The number of carbonyl (C=O) groups is 4. The van der Waals surface area contributed by atoms with Crippen LogP contribution in [0.25, 0.3) is 0 Å². The molecule has 8 nitrogen and oxygen atoms in total. The Kier molecular flexibility index (Phi) is 56.2. The molecule has 0 aromatic rings. The van der Waals surface area contributed by atoms with Crippen LogP contribution in [-0.4, -0.2) is 47.8 Å². The van der Waals surface area contributed by atoms with Crippen LogP contribution in [-0.2, 0) is 19.2 Å². The zero-order chi connectivity index (χ0) is 69.3. The molecular formula is C80H156O8Sn. The van der Waals surface area contributed by atoms with Gasteiger partial charge in [0, 0.05) is 23.9 Å². The van der Waals surface area contributed by atoms with Gasteiger partial charge in [-0.3, -0.25) is 0 Å². The van der Waals surface area contributed by atoms with E-state index in [4.69, 9.17) is 0 Å². The third-order valence-electron chi connectivity index (χ3n) is 18.4. The van der Waals surface area contributed by atoms with Crippen molar-refractivity contribution in [2.75, 3.05) is 0 Å². The quantitative estimate of drug-likeness (QED) is 0.0544. The molecule has 0 N–H and O–H groups in total. The SMILES string of the molecule is CCC(CCCC(CC(C)C)(CC(C)C)CC(C)C)C(=O)[O-].CCC(CCCC(CC(C)C)(CC(C)C)CC(C)C)C(=O)[O-].CCC(CCCC(CC(C)C)(CC(C)C)CC(C)C)C(=O)[O-].CCC(CCCC(CC(C)C)(CC(C)C)CC(C)C)C(=O)[O-].[Sn+4]. The number of aliphatic carboxylic acids is 4. The van der Waals surface area contributed by atoms with Gasteiger partial charge >= 0.3 is 23.9 Å². The summed E-state index contributed by atoms with van der Waals surface area (Å²) in [5, 5.41) is 44.4. The first-order valence-electron chi connectivity index (χ1n) is 37.3. The Hall–Kier alpha value is -1.32. The molecule has 528 valence electrons. The molecule has 0 radical (unpaired) electrons. The zero-order valence-electron chi connectivity index (χ0n) is 64.8. The fourth-order valence-electron chi connectivity index (χ4n) is 17.5. The van der Waals surface area contributed by atoms with Gasteiger partial charge in [0.05, 0.1) is 0 Å². The maximum absolute atomic E-state index is 11.1. The molecule has 0 bridgehead atoms. The molecule has 0 rings (SSSR count). The molecule has 0 aliphatic heterocycles. The molecule has 89 heavy (non-hydrogen) atoms. The molecule has 4 unspecified atom stereocenters. The number of rotatable bonds is 48. The van der Waals surface area contributed by atoms with E-state index in [2.05, 4.69) is 166 Å². The zero-order valence-corrected chi connectivity index (χ0v) is 67.7. The Morgan fingerprint density at radius 1 is 0.236 bits per heavy atom. The van der Waals surface area contributed by atoms with Gasteiger partial charge in [-0.25, -0.2) is 0 Å². The predicted octanol–water partition coefficient (Wildman–Crippen LogP) is 19.8. The minimum absolute atomic E-state index is 0. The van der Waals surface area contributed by atoms with Gasteiger partial charge in [-0.05, 0) is 270 Å². The minimum Gasteiger partial charge on any atom is -0.550 e. The Bertz CT molecular complexity index is 1370. The largest absolute Gasteiger partial charge is 4.00 e. The second-order valence-corrected chi connectivity index (χ2v) is 34.4. The van der Waals surface area contributed by atoms with Crippen LogP contribution in [0.4, 0.5) is 0 Å². The fraction of sp³-hybridized carbons (Fsp3) is 0.950. The number of hydrogen-bond acceptors (Lipinski definition) is 8. The van der Waals surface area contributed by atoms with E-state index in [0.29, 0.717) is 118 Å². The van der Waals surface area contributed by atoms with Gasteiger partial charge in [0.2, 0.25) is 0 Å². The van der Waals surface area contributed by atoms with Crippen molar-refractivity contribution in [3.05, 3.63) is 0 Å². The Morgan fingerprint density at radius 2 is 0.337 bits per heavy atom. The molecule has 0 aliphatic carbocycles. The molecule has 0 saturated carbocycles. The first kappa shape index (κ1) is 96.4. The van der Waals surface area contributed by atoms with E-state index in [-0.39, 0.29) is 47.6 Å². The molecule has 0 heterocycles. The summed E-state index contributed by atoms with van der Waals surface area (Å²) in [4.78, 5) is 44.4. The Labute approximate surface area is 573 Å². The maximum Gasteiger partial charge on any atom is 4.00 e. The van der Waals surface area contributed by atoms with Crippen LogP contribution in [0.3, 0.4) is 0 Å². The Balaban J connectivity index is -0.000000351. The van der Waals surface area contributed by atoms with Gasteiger partial charge < -0.3 is 39.6 Å². The van der Waals surface area contributed by atoms with Crippen molar-refractivity contribution in [2.24, 2.45) is 116 Å². The first-order chi connectivity index (χ1) is 40.5. The summed E-state index contributed by atoms with van der Waals surface area (Å²) in [5.41, 5.74) is 1.50. The molecular weight excluding hydrogens is 1210 g/mol. The molecule has 0 fully saturated rings. The van der Waals surface area contributed by atoms with Gasteiger partial charge in [-0.15, -0.1) is 0 Å². The number of carboxylic acids is 4. The number of hydrogen-bond donors (Lipinski definition) is 0. The van der Waals surface area contributed by atoms with Gasteiger partial charge in [0.25, 0.3) is 0 Å². The summed E-state index contributed by atoms with van der Waals surface area (Å²) in [7, 11) is 0. The molecule has 4 atom stereocenters. The van der Waals surface area contributed by atoms with Crippen molar-refractivity contribution in [1.29, 1.82) is 0 Å². The van der Waals surface area contributed by atoms with Crippen LogP contribution >= 0.6 is 0 Å². The summed E-state index contributed by atoms with van der Waals surface area (Å²) in [6.45, 7) is 63.3. The van der Waals surface area contributed by atoms with E-state index in [1.807, 2.05) is 27.7 Å². The van der Waals surface area contributed by atoms with E-state index >= 15 is 0 Å². The van der Waals surface area contributed by atoms with Gasteiger partial charge in [0.15, 0.2) is 0 Å². The smallest absolute Gasteiger partial charge is 0.550 e. The topological polar surface area (TPSA) is 161 Å². The van der Waals surface area contributed by atoms with Crippen LogP contribution in [0.5, 0.6) is 0 Å². The summed E-state index contributed by atoms with van der Waals surface area (Å²) < 4.78 is 0. The van der Waals surface area contributed by atoms with Gasteiger partial charge in [-0.1, -0.05) is 220 Å². The molecule has 0 aromatic carbocycles. The van der Waals surface area contributed by atoms with Crippen LogP contribution < -0.4 is 20.4 Å². The van der Waals surface area contributed by atoms with Crippen LogP contribution in [0.1, 0.15) is 374 Å². The van der Waals surface area contributed by atoms with E-state index in [1.165, 1.54) is 77.0 Å². The molecule has 0 amide bonds. The van der Waals surface area contributed by atoms with Gasteiger partial charge in [0.1, 0.15) is 0 Å². The number of carboxylic acid groups (broad SMARTS) is 4. The third-order valence-corrected chi connectivity index (χ3v) is 18.4. The average Bonchev–Trinajstić information content (AvgIpc) is 3.33. The van der Waals surface area contributed by atoms with Crippen molar-refractivity contribution in [3.8, 4) is 0 Å². The third kappa shape index (κ3) is 50.7. The summed E-state index contributed by atoms with van der Waals surface area (Å²) in [5.74, 6) is 3.78. The standard InChI is InChI=1S/4C20H40O2.Sn/c4*1-8-18(19(21)22)10-9-11-20(12-15(2)3,13-16(4)5)14-17(6)7;/h4*15-18H,8-14H2,1-7H3,(H,21,22);/q;;;;+4/p-4. The van der Waals surface area contributed by atoms with E-state index in [9.17, 15) is 39.6 Å². The van der Waals surface area contributed by atoms with Crippen LogP contribution in [0, 0.1) is 116 Å². The van der Waals surface area contributed by atoms with Crippen molar-refractivity contribution >= 4 is 47.8 Å². The maximum atomic E-state index is 11.1. The first-order valence-corrected chi connectivity index (χ1v) is 37.3. The monoisotopic (exact) mass is 1370 g/mol. The fourth-order valence-corrected chi connectivity index (χ4v) is 17.5. The summed E-state index contributed by atoms with van der Waals surface area (Å²) >= 11 is 0. The van der Waals surface area contributed by atoms with Crippen molar-refractivity contribution in [1.82, 2.24) is 0 Å². The number of carbonyl (C=O) groups excluding carboxylic acids is 4. The minimum atomic E-state index is -0.871. The second-order valence-electron chi connectivity index (χ2n) is 34.4. The van der Waals surface area contributed by atoms with Crippen molar-refractivity contribution in [2.45, 2.75) is 374 Å². The van der Waals surface area contributed by atoms with Crippen LogP contribution in [0.15, 0.2) is 0 Å². The van der Waals surface area contributed by atoms with E-state index in [0.717, 1.165) is 77.0 Å². The van der Waals surface area contributed by atoms with Crippen molar-refractivity contribution in [3.63, 3.8) is 0 Å². The normalized spacial score (nSPS) is 13.9. The summed E-state index contributed by atoms with van der Waals surface area (Å²) in [6, 6.07) is 0. The van der Waals surface area contributed by atoms with Crippen molar-refractivity contribution < 1.29 is 39.6 Å². The molecule has 0 saturated heterocycles. The van der Waals surface area contributed by atoms with E-state index < -0.39 is 23.9 Å². The summed E-state index contributed by atoms with van der Waals surface area (Å²) in [6.07, 6.45) is 29.6. The average molecular weight is 1360 g/mol. The van der Waals surface area contributed by atoms with Crippen LogP contribution in [0.2, 0.25) is 0 Å². The molecule has 9 heteroatoms. The molecule has 0 aliphatic rings. The Morgan fingerprint density at radius 3 is 0.404 bits per heavy atom. The predicted molar refractivity (Wildman–Crippen MR) is 380 cm³/mol. The van der Waals surface area contributed by atoms with Gasteiger partial charge in [-0.2, -0.15) is 0 Å². The molecule has 0 aromatic heterocycles. The van der Waals surface area contributed by atoms with E-state index in [1.54, 1.807) is 0 Å².